The quantitative estimate of drug-likeness (QED) is 0.632. The molecule has 0 bridgehead atoms. The lowest BCUT2D eigenvalue weighted by atomic mass is 10.1. The number of anilines is 1. The van der Waals surface area contributed by atoms with Gasteiger partial charge in [-0.05, 0) is 44.4 Å². The fourth-order valence-electron chi connectivity index (χ4n) is 2.76. The van der Waals surface area contributed by atoms with Crippen LogP contribution in [0.2, 0.25) is 0 Å². The summed E-state index contributed by atoms with van der Waals surface area (Å²) in [5.41, 5.74) is 1.02. The number of alkyl halides is 3. The van der Waals surface area contributed by atoms with Crippen molar-refractivity contribution in [3.05, 3.63) is 59.9 Å². The zero-order valence-electron chi connectivity index (χ0n) is 14.9. The molecule has 1 N–H and O–H groups in total. The van der Waals surface area contributed by atoms with Crippen LogP contribution in [0.15, 0.2) is 48.5 Å². The van der Waals surface area contributed by atoms with Crippen LogP contribution in [0.1, 0.15) is 5.56 Å². The summed E-state index contributed by atoms with van der Waals surface area (Å²) in [5.74, 6) is -0.430. The molecule has 1 heterocycles. The molecule has 3 rings (SSSR count). The Balaban J connectivity index is 2.12. The molecule has 0 radical (unpaired) electrons. The number of pyridine rings is 1. The third kappa shape index (κ3) is 4.54. The molecule has 7 heteroatoms. The van der Waals surface area contributed by atoms with E-state index in [1.165, 1.54) is 18.2 Å². The van der Waals surface area contributed by atoms with Gasteiger partial charge in [0.25, 0.3) is 0 Å². The molecular formula is C20H19F4N3. The maximum Gasteiger partial charge on any atom is 0.416 e. The van der Waals surface area contributed by atoms with Gasteiger partial charge in [0.2, 0.25) is 0 Å². The number of halogens is 4. The van der Waals surface area contributed by atoms with Gasteiger partial charge in [0.15, 0.2) is 0 Å². The van der Waals surface area contributed by atoms with Gasteiger partial charge in [0.1, 0.15) is 5.82 Å². The Kier molecular flexibility index (Phi) is 5.32. The van der Waals surface area contributed by atoms with E-state index in [4.69, 9.17) is 0 Å². The van der Waals surface area contributed by atoms with Gasteiger partial charge in [-0.25, -0.2) is 9.37 Å². The summed E-state index contributed by atoms with van der Waals surface area (Å²) in [7, 11) is 3.86. The highest BCUT2D eigenvalue weighted by molar-refractivity contribution is 5.94. The molecule has 3 nitrogen and oxygen atoms in total. The lowest BCUT2D eigenvalue weighted by Gasteiger charge is -2.15. The summed E-state index contributed by atoms with van der Waals surface area (Å²) >= 11 is 0. The van der Waals surface area contributed by atoms with Crippen molar-refractivity contribution in [2.24, 2.45) is 0 Å². The minimum Gasteiger partial charge on any atom is -0.383 e. The van der Waals surface area contributed by atoms with E-state index in [-0.39, 0.29) is 5.52 Å². The highest BCUT2D eigenvalue weighted by Crippen LogP contribution is 2.34. The average Bonchev–Trinajstić information content (AvgIpc) is 2.60. The Morgan fingerprint density at radius 3 is 2.48 bits per heavy atom. The van der Waals surface area contributed by atoms with E-state index in [9.17, 15) is 17.6 Å². The number of hydrogen-bond acceptors (Lipinski definition) is 3. The van der Waals surface area contributed by atoms with E-state index in [0.29, 0.717) is 28.9 Å². The Bertz CT molecular complexity index is 952. The lowest BCUT2D eigenvalue weighted by molar-refractivity contribution is -0.137. The number of nitrogens with one attached hydrogen (secondary N) is 1. The molecule has 0 atom stereocenters. The minimum atomic E-state index is -4.46. The van der Waals surface area contributed by atoms with E-state index in [0.717, 1.165) is 18.7 Å². The Hall–Kier alpha value is -2.67. The van der Waals surface area contributed by atoms with Gasteiger partial charge in [-0.15, -0.1) is 0 Å². The second-order valence-electron chi connectivity index (χ2n) is 6.53. The summed E-state index contributed by atoms with van der Waals surface area (Å²) in [4.78, 5) is 6.34. The molecule has 27 heavy (non-hydrogen) atoms. The fraction of sp³-hybridized carbons (Fsp3) is 0.250. The summed E-state index contributed by atoms with van der Waals surface area (Å²) in [6.07, 6.45) is -4.46. The first-order valence-electron chi connectivity index (χ1n) is 8.40. The smallest absolute Gasteiger partial charge is 0.383 e. The maximum atomic E-state index is 13.6. The summed E-state index contributed by atoms with van der Waals surface area (Å²) in [6, 6.07) is 11.1. The van der Waals surface area contributed by atoms with E-state index in [1.54, 1.807) is 18.2 Å². The van der Waals surface area contributed by atoms with Crippen LogP contribution >= 0.6 is 0 Å². The van der Waals surface area contributed by atoms with E-state index < -0.39 is 17.6 Å². The number of benzene rings is 2. The topological polar surface area (TPSA) is 28.2 Å². The van der Waals surface area contributed by atoms with E-state index in [1.807, 2.05) is 19.0 Å². The predicted molar refractivity (Wildman–Crippen MR) is 99.2 cm³/mol. The van der Waals surface area contributed by atoms with Gasteiger partial charge < -0.3 is 10.2 Å². The van der Waals surface area contributed by atoms with Crippen molar-refractivity contribution in [2.75, 3.05) is 32.5 Å². The molecule has 0 saturated heterocycles. The Morgan fingerprint density at radius 2 is 1.81 bits per heavy atom. The Labute approximate surface area is 154 Å². The molecule has 0 aliphatic heterocycles. The van der Waals surface area contributed by atoms with Crippen molar-refractivity contribution >= 4 is 16.6 Å². The van der Waals surface area contributed by atoms with Crippen molar-refractivity contribution in [1.29, 1.82) is 0 Å². The number of rotatable bonds is 5. The zero-order valence-corrected chi connectivity index (χ0v) is 14.9. The number of hydrogen-bond donors (Lipinski definition) is 1. The third-order valence-electron chi connectivity index (χ3n) is 4.13. The van der Waals surface area contributed by atoms with Crippen molar-refractivity contribution < 1.29 is 17.6 Å². The normalized spacial score (nSPS) is 12.0. The zero-order chi connectivity index (χ0) is 19.6. The number of aromatic nitrogens is 1. The molecule has 0 unspecified atom stereocenters. The molecule has 0 saturated carbocycles. The molecule has 1 aromatic heterocycles. The van der Waals surface area contributed by atoms with Crippen molar-refractivity contribution in [3.63, 3.8) is 0 Å². The predicted octanol–water partition coefficient (Wildman–Crippen LogP) is 5.03. The number of likely N-dealkylation sites (N-methyl/N-ethyl adjacent to an activating group) is 1. The van der Waals surface area contributed by atoms with Gasteiger partial charge in [-0.2, -0.15) is 13.2 Å². The second kappa shape index (κ2) is 7.52. The Morgan fingerprint density at radius 1 is 1.04 bits per heavy atom. The highest BCUT2D eigenvalue weighted by Gasteiger charge is 2.30. The lowest BCUT2D eigenvalue weighted by Crippen LogP contribution is -2.21. The van der Waals surface area contributed by atoms with Crippen LogP contribution in [-0.4, -0.2) is 37.1 Å². The first-order chi connectivity index (χ1) is 12.7. The molecule has 0 aliphatic rings. The summed E-state index contributed by atoms with van der Waals surface area (Å²) < 4.78 is 52.8. The maximum absolute atomic E-state index is 13.6. The second-order valence-corrected chi connectivity index (χ2v) is 6.53. The molecule has 2 aromatic carbocycles. The minimum absolute atomic E-state index is 0.207. The largest absolute Gasteiger partial charge is 0.416 e. The molecule has 0 aliphatic carbocycles. The van der Waals surface area contributed by atoms with Gasteiger partial charge in [-0.1, -0.05) is 18.2 Å². The van der Waals surface area contributed by atoms with Crippen LogP contribution in [0, 0.1) is 5.82 Å². The number of nitrogens with zero attached hydrogens (tertiary/aromatic N) is 2. The molecule has 0 amide bonds. The molecule has 0 spiro atoms. The monoisotopic (exact) mass is 377 g/mol. The van der Waals surface area contributed by atoms with Crippen molar-refractivity contribution in [1.82, 2.24) is 9.88 Å². The van der Waals surface area contributed by atoms with Crippen LogP contribution in [-0.2, 0) is 6.18 Å². The van der Waals surface area contributed by atoms with Crippen molar-refractivity contribution in [2.45, 2.75) is 6.18 Å². The van der Waals surface area contributed by atoms with Crippen LogP contribution < -0.4 is 5.32 Å². The van der Waals surface area contributed by atoms with Crippen LogP contribution in [0.5, 0.6) is 0 Å². The highest BCUT2D eigenvalue weighted by atomic mass is 19.4. The van der Waals surface area contributed by atoms with Crippen molar-refractivity contribution in [3.8, 4) is 11.3 Å². The van der Waals surface area contributed by atoms with Gasteiger partial charge in [0.05, 0.1) is 16.8 Å². The van der Waals surface area contributed by atoms with Gasteiger partial charge in [-0.3, -0.25) is 0 Å². The SMILES string of the molecule is CN(C)CCNc1cc(-c2cccc(F)c2)nc2cc(C(F)(F)F)ccc12. The first kappa shape index (κ1) is 19.1. The standard InChI is InChI=1S/C20H19F4N3/c1-27(2)9-8-25-18-12-17(13-4-3-5-15(21)10-13)26-19-11-14(20(22,23)24)6-7-16(18)19/h3-7,10-12H,8-9H2,1-2H3,(H,25,26). The van der Waals surface area contributed by atoms with Gasteiger partial charge >= 0.3 is 6.18 Å². The molecule has 3 aromatic rings. The van der Waals surface area contributed by atoms with E-state index in [2.05, 4.69) is 10.3 Å². The molecule has 142 valence electrons. The first-order valence-corrected chi connectivity index (χ1v) is 8.40. The molecular weight excluding hydrogens is 358 g/mol. The van der Waals surface area contributed by atoms with Crippen LogP contribution in [0.25, 0.3) is 22.2 Å². The van der Waals surface area contributed by atoms with E-state index >= 15 is 0 Å². The summed E-state index contributed by atoms with van der Waals surface area (Å²) in [5, 5.41) is 3.83. The third-order valence-corrected chi connectivity index (χ3v) is 4.13. The van der Waals surface area contributed by atoms with Gasteiger partial charge in [0, 0.05) is 29.7 Å². The number of fused-ring (bicyclic) bond motifs is 1. The molecule has 0 fully saturated rings. The van der Waals surface area contributed by atoms with Crippen LogP contribution in [0.4, 0.5) is 23.2 Å². The fourth-order valence-corrected chi connectivity index (χ4v) is 2.76. The van der Waals surface area contributed by atoms with Crippen LogP contribution in [0.3, 0.4) is 0 Å². The summed E-state index contributed by atoms with van der Waals surface area (Å²) in [6.45, 7) is 1.36. The average molecular weight is 377 g/mol.